The lowest BCUT2D eigenvalue weighted by Gasteiger charge is -2.38. The molecule has 0 bridgehead atoms. The van der Waals surface area contributed by atoms with Crippen LogP contribution in [-0.2, 0) is 16.1 Å². The van der Waals surface area contributed by atoms with Crippen LogP contribution in [-0.4, -0.2) is 28.9 Å². The molecular formula is C21H25N3O3. The molecule has 0 saturated carbocycles. The van der Waals surface area contributed by atoms with Crippen molar-refractivity contribution in [1.29, 1.82) is 0 Å². The van der Waals surface area contributed by atoms with E-state index in [9.17, 15) is 9.59 Å². The number of fused-ring (bicyclic) bond motifs is 1. The van der Waals surface area contributed by atoms with Gasteiger partial charge < -0.3 is 10.1 Å². The van der Waals surface area contributed by atoms with E-state index in [2.05, 4.69) is 17.2 Å². The molecule has 0 unspecified atom stereocenters. The fraction of sp³-hybridized carbons (Fsp3) is 0.381. The van der Waals surface area contributed by atoms with Gasteiger partial charge in [-0.15, -0.1) is 0 Å². The van der Waals surface area contributed by atoms with Crippen LogP contribution >= 0.6 is 0 Å². The molecule has 1 atom stereocenters. The molecule has 6 nitrogen and oxygen atoms in total. The Kier molecular flexibility index (Phi) is 5.44. The molecule has 2 amide bonds. The Bertz CT molecular complexity index is 835. The van der Waals surface area contributed by atoms with E-state index in [4.69, 9.17) is 4.74 Å². The van der Waals surface area contributed by atoms with Gasteiger partial charge in [-0.3, -0.25) is 14.5 Å². The van der Waals surface area contributed by atoms with E-state index >= 15 is 0 Å². The fourth-order valence-corrected chi connectivity index (χ4v) is 3.01. The normalized spacial score (nSPS) is 18.6. The maximum absolute atomic E-state index is 13.1. The second-order valence-electron chi connectivity index (χ2n) is 6.94. The van der Waals surface area contributed by atoms with Gasteiger partial charge in [0.1, 0.15) is 0 Å². The van der Waals surface area contributed by atoms with Crippen molar-refractivity contribution in [3.8, 4) is 5.75 Å². The van der Waals surface area contributed by atoms with Gasteiger partial charge in [0.15, 0.2) is 11.6 Å². The monoisotopic (exact) mass is 367 g/mol. The Morgan fingerprint density at radius 1 is 1.26 bits per heavy atom. The summed E-state index contributed by atoms with van der Waals surface area (Å²) in [5.41, 5.74) is 0.498. The summed E-state index contributed by atoms with van der Waals surface area (Å²) in [5, 5.41) is 2.83. The summed E-state index contributed by atoms with van der Waals surface area (Å²) in [6, 6.07) is 11.3. The van der Waals surface area contributed by atoms with Gasteiger partial charge in [-0.1, -0.05) is 43.2 Å². The van der Waals surface area contributed by atoms with Crippen molar-refractivity contribution in [2.24, 2.45) is 0 Å². The summed E-state index contributed by atoms with van der Waals surface area (Å²) in [5.74, 6) is 0.0774. The van der Waals surface area contributed by atoms with Crippen LogP contribution in [0.2, 0.25) is 0 Å². The molecule has 0 aliphatic carbocycles. The number of nitrogens with zero attached hydrogens (tertiary/aromatic N) is 2. The lowest BCUT2D eigenvalue weighted by molar-refractivity contribution is -0.148. The summed E-state index contributed by atoms with van der Waals surface area (Å²) in [6.07, 6.45) is 3.38. The number of anilines is 1. The predicted octanol–water partition coefficient (Wildman–Crippen LogP) is 2.99. The van der Waals surface area contributed by atoms with Crippen molar-refractivity contribution >= 4 is 17.6 Å². The third-order valence-electron chi connectivity index (χ3n) is 4.72. The maximum atomic E-state index is 13.1. The Morgan fingerprint density at radius 2 is 2.00 bits per heavy atom. The predicted molar refractivity (Wildman–Crippen MR) is 104 cm³/mol. The minimum atomic E-state index is -1.62. The fourth-order valence-electron chi connectivity index (χ4n) is 3.01. The first kappa shape index (κ1) is 18.9. The SMILES string of the molecule is CCCCN1C(=O)[C@](C)(C(=O)NCc2ccc(C)cc2)Oc2cccnc21. The first-order valence-electron chi connectivity index (χ1n) is 9.25. The number of amides is 2. The third-order valence-corrected chi connectivity index (χ3v) is 4.72. The van der Waals surface area contributed by atoms with Gasteiger partial charge in [0.2, 0.25) is 0 Å². The molecule has 142 valence electrons. The molecule has 1 aliphatic heterocycles. The Morgan fingerprint density at radius 3 is 2.70 bits per heavy atom. The highest BCUT2D eigenvalue weighted by molar-refractivity contribution is 6.16. The van der Waals surface area contributed by atoms with Crippen LogP contribution < -0.4 is 15.0 Å². The standard InChI is InChI=1S/C21H25N3O3/c1-4-5-13-24-18-17(7-6-12-22-18)27-21(3,20(24)26)19(25)23-14-16-10-8-15(2)9-11-16/h6-12H,4-5,13-14H2,1-3H3,(H,23,25)/t21-/m0/s1. The van der Waals surface area contributed by atoms with Gasteiger partial charge in [-0.2, -0.15) is 0 Å². The molecule has 0 radical (unpaired) electrons. The lowest BCUT2D eigenvalue weighted by atomic mass is 10.0. The third kappa shape index (κ3) is 3.79. The molecular weight excluding hydrogens is 342 g/mol. The van der Waals surface area contributed by atoms with Crippen LogP contribution in [0.25, 0.3) is 0 Å². The number of benzene rings is 1. The van der Waals surface area contributed by atoms with E-state index in [1.54, 1.807) is 23.2 Å². The zero-order chi connectivity index (χ0) is 19.4. The molecule has 1 aromatic carbocycles. The smallest absolute Gasteiger partial charge is 0.282 e. The maximum Gasteiger partial charge on any atom is 0.282 e. The molecule has 1 N–H and O–H groups in total. The van der Waals surface area contributed by atoms with Crippen LogP contribution in [0.1, 0.15) is 37.8 Å². The Labute approximate surface area is 159 Å². The second-order valence-corrected chi connectivity index (χ2v) is 6.94. The van der Waals surface area contributed by atoms with Gasteiger partial charge in [-0.05, 0) is 38.0 Å². The van der Waals surface area contributed by atoms with Crippen LogP contribution in [0, 0.1) is 6.92 Å². The van der Waals surface area contributed by atoms with Crippen molar-refractivity contribution in [3.63, 3.8) is 0 Å². The van der Waals surface area contributed by atoms with E-state index in [0.717, 1.165) is 24.0 Å². The Hall–Kier alpha value is -2.89. The zero-order valence-electron chi connectivity index (χ0n) is 16.0. The van der Waals surface area contributed by atoms with E-state index in [1.165, 1.54) is 6.92 Å². The number of hydrogen-bond donors (Lipinski definition) is 1. The number of hydrogen-bond acceptors (Lipinski definition) is 4. The van der Waals surface area contributed by atoms with E-state index in [-0.39, 0.29) is 5.91 Å². The van der Waals surface area contributed by atoms with Crippen molar-refractivity contribution in [2.75, 3.05) is 11.4 Å². The number of carbonyl (C=O) groups excluding carboxylic acids is 2. The minimum Gasteiger partial charge on any atom is -0.464 e. The quantitative estimate of drug-likeness (QED) is 0.797. The number of pyridine rings is 1. The summed E-state index contributed by atoms with van der Waals surface area (Å²) in [7, 11) is 0. The molecule has 1 aromatic heterocycles. The first-order chi connectivity index (χ1) is 13.0. The van der Waals surface area contributed by atoms with Gasteiger partial charge >= 0.3 is 0 Å². The largest absolute Gasteiger partial charge is 0.464 e. The van der Waals surface area contributed by atoms with E-state index in [1.807, 2.05) is 31.2 Å². The summed E-state index contributed by atoms with van der Waals surface area (Å²) in [6.45, 7) is 6.42. The van der Waals surface area contributed by atoms with Crippen LogP contribution in [0.4, 0.5) is 5.82 Å². The molecule has 1 aliphatic rings. The van der Waals surface area contributed by atoms with Gasteiger partial charge in [0.25, 0.3) is 17.4 Å². The van der Waals surface area contributed by atoms with Gasteiger partial charge in [0.05, 0.1) is 0 Å². The summed E-state index contributed by atoms with van der Waals surface area (Å²) < 4.78 is 5.85. The number of aryl methyl sites for hydroxylation is 1. The van der Waals surface area contributed by atoms with Gasteiger partial charge in [-0.25, -0.2) is 4.98 Å². The zero-order valence-corrected chi connectivity index (χ0v) is 16.0. The topological polar surface area (TPSA) is 71.5 Å². The minimum absolute atomic E-state index is 0.334. The van der Waals surface area contributed by atoms with Crippen LogP contribution in [0.15, 0.2) is 42.6 Å². The molecule has 2 heterocycles. The molecule has 27 heavy (non-hydrogen) atoms. The molecule has 0 fully saturated rings. The molecule has 3 rings (SSSR count). The lowest BCUT2D eigenvalue weighted by Crippen LogP contribution is -2.62. The van der Waals surface area contributed by atoms with Gasteiger partial charge in [0, 0.05) is 19.3 Å². The summed E-state index contributed by atoms with van der Waals surface area (Å²) in [4.78, 5) is 31.9. The Balaban J connectivity index is 1.81. The van der Waals surface area contributed by atoms with E-state index in [0.29, 0.717) is 24.7 Å². The number of unbranched alkanes of at least 4 members (excludes halogenated alkanes) is 1. The highest BCUT2D eigenvalue weighted by Crippen LogP contribution is 2.36. The average Bonchev–Trinajstić information content (AvgIpc) is 2.67. The van der Waals surface area contributed by atoms with E-state index < -0.39 is 11.5 Å². The van der Waals surface area contributed by atoms with Crippen molar-refractivity contribution in [3.05, 3.63) is 53.7 Å². The summed E-state index contributed by atoms with van der Waals surface area (Å²) >= 11 is 0. The number of ether oxygens (including phenoxy) is 1. The van der Waals surface area contributed by atoms with Crippen molar-refractivity contribution in [1.82, 2.24) is 10.3 Å². The average molecular weight is 367 g/mol. The van der Waals surface area contributed by atoms with Crippen molar-refractivity contribution in [2.45, 2.75) is 45.8 Å². The molecule has 0 spiro atoms. The second kappa shape index (κ2) is 7.78. The number of rotatable bonds is 6. The number of nitrogens with one attached hydrogen (secondary N) is 1. The molecule has 2 aromatic rings. The number of aromatic nitrogens is 1. The van der Waals surface area contributed by atoms with Crippen LogP contribution in [0.5, 0.6) is 5.75 Å². The highest BCUT2D eigenvalue weighted by atomic mass is 16.5. The molecule has 0 saturated heterocycles. The first-order valence-corrected chi connectivity index (χ1v) is 9.25. The van der Waals surface area contributed by atoms with Crippen molar-refractivity contribution < 1.29 is 14.3 Å². The highest BCUT2D eigenvalue weighted by Gasteiger charge is 2.50. The number of carbonyl (C=O) groups is 2. The van der Waals surface area contributed by atoms with Crippen LogP contribution in [0.3, 0.4) is 0 Å². The molecule has 6 heteroatoms.